The number of aromatic nitrogens is 2. The number of nitrogens with one attached hydrogen (secondary N) is 2. The predicted molar refractivity (Wildman–Crippen MR) is 119 cm³/mol. The smallest absolute Gasteiger partial charge is 0.251 e. The summed E-state index contributed by atoms with van der Waals surface area (Å²) in [6, 6.07) is 22.0. The standard InChI is InChI=1S/C25H26N4O/c1-18-9-11-20(12-10-18)15-28-25(30)22-7-4-6-21(13-22)14-26-16-23-17-27-24-8-3-5-19(2)29(23)24/h3-13,17,26H,14-16H2,1-2H3,(H,28,30). The normalized spacial score (nSPS) is 11.0. The first kappa shape index (κ1) is 19.9. The Bertz CT molecular complexity index is 1160. The van der Waals surface area contributed by atoms with Crippen molar-refractivity contribution in [2.75, 3.05) is 0 Å². The molecular formula is C25H26N4O. The molecule has 0 saturated heterocycles. The summed E-state index contributed by atoms with van der Waals surface area (Å²) in [5, 5.41) is 6.46. The van der Waals surface area contributed by atoms with Gasteiger partial charge in [-0.3, -0.25) is 4.79 Å². The Morgan fingerprint density at radius 1 is 0.900 bits per heavy atom. The van der Waals surface area contributed by atoms with Crippen molar-refractivity contribution in [3.8, 4) is 0 Å². The first-order valence-electron chi connectivity index (χ1n) is 10.2. The average Bonchev–Trinajstić information content (AvgIpc) is 3.18. The summed E-state index contributed by atoms with van der Waals surface area (Å²) in [5.74, 6) is -0.0603. The van der Waals surface area contributed by atoms with E-state index in [0.29, 0.717) is 25.2 Å². The zero-order valence-electron chi connectivity index (χ0n) is 17.4. The highest BCUT2D eigenvalue weighted by Gasteiger charge is 2.08. The Balaban J connectivity index is 1.34. The lowest BCUT2D eigenvalue weighted by Crippen LogP contribution is -2.23. The molecular weight excluding hydrogens is 372 g/mol. The zero-order chi connectivity index (χ0) is 20.9. The van der Waals surface area contributed by atoms with E-state index in [0.717, 1.165) is 28.2 Å². The summed E-state index contributed by atoms with van der Waals surface area (Å²) in [4.78, 5) is 17.0. The van der Waals surface area contributed by atoms with E-state index in [2.05, 4.69) is 52.1 Å². The zero-order valence-corrected chi connectivity index (χ0v) is 17.4. The van der Waals surface area contributed by atoms with Gasteiger partial charge in [-0.2, -0.15) is 0 Å². The van der Waals surface area contributed by atoms with Crippen molar-refractivity contribution < 1.29 is 4.79 Å². The lowest BCUT2D eigenvalue weighted by atomic mass is 10.1. The number of aryl methyl sites for hydroxylation is 2. The van der Waals surface area contributed by atoms with Crippen molar-refractivity contribution >= 4 is 11.6 Å². The summed E-state index contributed by atoms with van der Waals surface area (Å²) in [7, 11) is 0. The number of rotatable bonds is 7. The average molecular weight is 399 g/mol. The van der Waals surface area contributed by atoms with Crippen LogP contribution >= 0.6 is 0 Å². The van der Waals surface area contributed by atoms with Crippen LogP contribution in [0.2, 0.25) is 0 Å². The van der Waals surface area contributed by atoms with Crippen molar-refractivity contribution in [1.29, 1.82) is 0 Å². The van der Waals surface area contributed by atoms with E-state index in [-0.39, 0.29) is 5.91 Å². The Hall–Kier alpha value is -3.44. The van der Waals surface area contributed by atoms with E-state index in [4.69, 9.17) is 0 Å². The lowest BCUT2D eigenvalue weighted by Gasteiger charge is -2.09. The molecule has 2 aromatic carbocycles. The first-order chi connectivity index (χ1) is 14.6. The third-order valence-electron chi connectivity index (χ3n) is 5.20. The van der Waals surface area contributed by atoms with E-state index in [1.54, 1.807) is 0 Å². The molecule has 0 aliphatic rings. The van der Waals surface area contributed by atoms with Gasteiger partial charge in [-0.1, -0.05) is 48.0 Å². The van der Waals surface area contributed by atoms with Gasteiger partial charge in [0.15, 0.2) is 0 Å². The van der Waals surface area contributed by atoms with Crippen LogP contribution in [0, 0.1) is 13.8 Å². The van der Waals surface area contributed by atoms with Gasteiger partial charge in [0, 0.05) is 30.9 Å². The van der Waals surface area contributed by atoms with Crippen molar-refractivity contribution in [3.05, 3.63) is 107 Å². The molecule has 5 nitrogen and oxygen atoms in total. The van der Waals surface area contributed by atoms with Crippen molar-refractivity contribution in [1.82, 2.24) is 20.0 Å². The molecule has 152 valence electrons. The number of imidazole rings is 1. The van der Waals surface area contributed by atoms with Gasteiger partial charge in [0.2, 0.25) is 0 Å². The Kier molecular flexibility index (Phi) is 5.91. The van der Waals surface area contributed by atoms with Crippen molar-refractivity contribution in [2.24, 2.45) is 0 Å². The quantitative estimate of drug-likeness (QED) is 0.491. The summed E-state index contributed by atoms with van der Waals surface area (Å²) in [5.41, 5.74) is 7.29. The number of benzene rings is 2. The van der Waals surface area contributed by atoms with Crippen LogP contribution in [0.15, 0.2) is 72.9 Å². The number of carbonyl (C=O) groups excluding carboxylic acids is 1. The monoisotopic (exact) mass is 398 g/mol. The fraction of sp³-hybridized carbons (Fsp3) is 0.200. The van der Waals surface area contributed by atoms with Crippen LogP contribution in [0.1, 0.15) is 38.4 Å². The van der Waals surface area contributed by atoms with Crippen molar-refractivity contribution in [3.63, 3.8) is 0 Å². The molecule has 0 atom stereocenters. The fourth-order valence-electron chi connectivity index (χ4n) is 3.55. The maximum Gasteiger partial charge on any atom is 0.251 e. The van der Waals surface area contributed by atoms with Gasteiger partial charge >= 0.3 is 0 Å². The van der Waals surface area contributed by atoms with Crippen LogP contribution in [0.5, 0.6) is 0 Å². The maximum absolute atomic E-state index is 12.5. The number of carbonyl (C=O) groups is 1. The second kappa shape index (κ2) is 8.93. The maximum atomic E-state index is 12.5. The van der Waals surface area contributed by atoms with Crippen LogP contribution in [0.25, 0.3) is 5.65 Å². The first-order valence-corrected chi connectivity index (χ1v) is 10.2. The molecule has 0 bridgehead atoms. The highest BCUT2D eigenvalue weighted by Crippen LogP contribution is 2.11. The number of fused-ring (bicyclic) bond motifs is 1. The molecule has 4 rings (SSSR count). The number of hydrogen-bond acceptors (Lipinski definition) is 3. The summed E-state index contributed by atoms with van der Waals surface area (Å²) in [6.07, 6.45) is 1.91. The van der Waals surface area contributed by atoms with Crippen LogP contribution in [-0.2, 0) is 19.6 Å². The molecule has 5 heteroatoms. The van der Waals surface area contributed by atoms with Gasteiger partial charge in [-0.15, -0.1) is 0 Å². The molecule has 0 saturated carbocycles. The van der Waals surface area contributed by atoms with Crippen LogP contribution in [-0.4, -0.2) is 15.3 Å². The summed E-state index contributed by atoms with van der Waals surface area (Å²) < 4.78 is 2.15. The van der Waals surface area contributed by atoms with Gasteiger partial charge in [0.1, 0.15) is 5.65 Å². The third-order valence-corrected chi connectivity index (χ3v) is 5.20. The van der Waals surface area contributed by atoms with Gasteiger partial charge < -0.3 is 15.0 Å². The third kappa shape index (κ3) is 4.58. The molecule has 2 aromatic heterocycles. The van der Waals surface area contributed by atoms with Crippen LogP contribution in [0.4, 0.5) is 0 Å². The molecule has 0 aliphatic carbocycles. The minimum Gasteiger partial charge on any atom is -0.348 e. The number of pyridine rings is 1. The van der Waals surface area contributed by atoms with E-state index in [1.165, 1.54) is 5.56 Å². The number of amides is 1. The molecule has 0 aliphatic heterocycles. The van der Waals surface area contributed by atoms with Crippen LogP contribution < -0.4 is 10.6 Å². The summed E-state index contributed by atoms with van der Waals surface area (Å²) >= 11 is 0. The molecule has 0 unspecified atom stereocenters. The number of hydrogen-bond donors (Lipinski definition) is 2. The molecule has 1 amide bonds. The Morgan fingerprint density at radius 3 is 2.53 bits per heavy atom. The largest absolute Gasteiger partial charge is 0.348 e. The van der Waals surface area contributed by atoms with E-state index in [9.17, 15) is 4.79 Å². The van der Waals surface area contributed by atoms with E-state index < -0.39 is 0 Å². The second-order valence-corrected chi connectivity index (χ2v) is 7.58. The minimum atomic E-state index is -0.0603. The molecule has 0 fully saturated rings. The van der Waals surface area contributed by atoms with Gasteiger partial charge in [-0.25, -0.2) is 4.98 Å². The predicted octanol–water partition coefficient (Wildman–Crippen LogP) is 4.17. The highest BCUT2D eigenvalue weighted by atomic mass is 16.1. The second-order valence-electron chi connectivity index (χ2n) is 7.58. The lowest BCUT2D eigenvalue weighted by molar-refractivity contribution is 0.0951. The SMILES string of the molecule is Cc1ccc(CNC(=O)c2cccc(CNCc3cnc4cccc(C)n34)c2)cc1. The van der Waals surface area contributed by atoms with Gasteiger partial charge in [0.05, 0.1) is 11.9 Å². The molecule has 2 heterocycles. The molecule has 30 heavy (non-hydrogen) atoms. The van der Waals surface area contributed by atoms with E-state index in [1.807, 2.05) is 54.7 Å². The summed E-state index contributed by atoms with van der Waals surface area (Å²) in [6.45, 7) is 6.04. The minimum absolute atomic E-state index is 0.0603. The fourth-order valence-corrected chi connectivity index (χ4v) is 3.55. The molecule has 2 N–H and O–H groups in total. The molecule has 0 spiro atoms. The highest BCUT2D eigenvalue weighted by molar-refractivity contribution is 5.94. The molecule has 4 aromatic rings. The van der Waals surface area contributed by atoms with Gasteiger partial charge in [-0.05, 0) is 49.2 Å². The van der Waals surface area contributed by atoms with Crippen molar-refractivity contribution in [2.45, 2.75) is 33.5 Å². The van der Waals surface area contributed by atoms with Crippen LogP contribution in [0.3, 0.4) is 0 Å². The Labute approximate surface area is 176 Å². The molecule has 0 radical (unpaired) electrons. The van der Waals surface area contributed by atoms with E-state index >= 15 is 0 Å². The number of nitrogens with zero attached hydrogens (tertiary/aromatic N) is 2. The Morgan fingerprint density at radius 2 is 1.70 bits per heavy atom. The van der Waals surface area contributed by atoms with Gasteiger partial charge in [0.25, 0.3) is 5.91 Å². The topological polar surface area (TPSA) is 58.4 Å².